The number of hydrogen-bond donors (Lipinski definition) is 3. The lowest BCUT2D eigenvalue weighted by Crippen LogP contribution is -2.33. The highest BCUT2D eigenvalue weighted by Gasteiger charge is 2.29. The van der Waals surface area contributed by atoms with Gasteiger partial charge in [-0.3, -0.25) is 0 Å². The molecule has 3 heteroatoms. The minimum atomic E-state index is 0.223. The second-order valence-electron chi connectivity index (χ2n) is 6.63. The zero-order valence-electron chi connectivity index (χ0n) is 11.6. The van der Waals surface area contributed by atoms with E-state index in [0.29, 0.717) is 24.4 Å². The van der Waals surface area contributed by atoms with E-state index in [0.717, 1.165) is 25.8 Å². The van der Waals surface area contributed by atoms with Gasteiger partial charge in [0.2, 0.25) is 0 Å². The number of rotatable bonds is 7. The second-order valence-corrected chi connectivity index (χ2v) is 6.63. The lowest BCUT2D eigenvalue weighted by Gasteiger charge is -2.35. The van der Waals surface area contributed by atoms with Gasteiger partial charge in [-0.15, -0.1) is 0 Å². The van der Waals surface area contributed by atoms with Crippen molar-refractivity contribution < 1.29 is 0 Å². The molecule has 0 aliphatic carbocycles. The Morgan fingerprint density at radius 2 is 1.44 bits per heavy atom. The molecule has 0 amide bonds. The molecular weight excluding hydrogens is 198 g/mol. The lowest BCUT2D eigenvalue weighted by atomic mass is 9.71. The number of nitrogens with two attached hydrogens (primary N) is 3. The van der Waals surface area contributed by atoms with Gasteiger partial charge in [-0.05, 0) is 55.6 Å². The van der Waals surface area contributed by atoms with E-state index >= 15 is 0 Å². The molecule has 0 aromatic carbocycles. The Hall–Kier alpha value is -0.120. The fraction of sp³-hybridized carbons (Fsp3) is 1.00. The topological polar surface area (TPSA) is 78.1 Å². The molecule has 16 heavy (non-hydrogen) atoms. The summed E-state index contributed by atoms with van der Waals surface area (Å²) in [6, 6.07) is 0. The summed E-state index contributed by atoms with van der Waals surface area (Å²) in [6.07, 6.45) is 3.37. The van der Waals surface area contributed by atoms with Gasteiger partial charge in [0.25, 0.3) is 0 Å². The summed E-state index contributed by atoms with van der Waals surface area (Å²) < 4.78 is 0. The summed E-state index contributed by atoms with van der Waals surface area (Å²) in [5, 5.41) is 0. The van der Waals surface area contributed by atoms with E-state index in [1.165, 1.54) is 0 Å². The predicted octanol–water partition coefficient (Wildman–Crippen LogP) is 1.70. The Kier molecular flexibility index (Phi) is 6.53. The summed E-state index contributed by atoms with van der Waals surface area (Å²) in [4.78, 5) is 0. The highest BCUT2D eigenvalue weighted by molar-refractivity contribution is 4.82. The molecule has 0 saturated heterocycles. The largest absolute Gasteiger partial charge is 0.330 e. The lowest BCUT2D eigenvalue weighted by molar-refractivity contribution is 0.173. The third-order valence-electron chi connectivity index (χ3n) is 3.27. The summed E-state index contributed by atoms with van der Waals surface area (Å²) in [6.45, 7) is 11.2. The van der Waals surface area contributed by atoms with E-state index in [4.69, 9.17) is 17.2 Å². The van der Waals surface area contributed by atoms with E-state index < -0.39 is 0 Å². The average molecular weight is 229 g/mol. The van der Waals surface area contributed by atoms with Crippen molar-refractivity contribution in [3.8, 4) is 0 Å². The van der Waals surface area contributed by atoms with Crippen molar-refractivity contribution in [3.63, 3.8) is 0 Å². The average Bonchev–Trinajstić information content (AvgIpc) is 2.17. The van der Waals surface area contributed by atoms with Crippen molar-refractivity contribution in [2.45, 2.75) is 47.0 Å². The smallest absolute Gasteiger partial charge is 0.00230 e. The molecule has 98 valence electrons. The third kappa shape index (κ3) is 6.46. The van der Waals surface area contributed by atoms with Gasteiger partial charge in [0.1, 0.15) is 0 Å². The first-order valence-electron chi connectivity index (χ1n) is 6.36. The minimum Gasteiger partial charge on any atom is -0.330 e. The van der Waals surface area contributed by atoms with Gasteiger partial charge in [0.15, 0.2) is 0 Å². The molecule has 0 bridgehead atoms. The SMILES string of the molecule is CC(C)(C)CC(C)(CN)CCC(CN)CN. The molecule has 0 saturated carbocycles. The van der Waals surface area contributed by atoms with Crippen molar-refractivity contribution in [2.75, 3.05) is 19.6 Å². The van der Waals surface area contributed by atoms with Gasteiger partial charge in [-0.2, -0.15) is 0 Å². The van der Waals surface area contributed by atoms with Crippen LogP contribution in [0.3, 0.4) is 0 Å². The second kappa shape index (κ2) is 6.58. The van der Waals surface area contributed by atoms with Crippen LogP contribution < -0.4 is 17.2 Å². The van der Waals surface area contributed by atoms with E-state index in [1.807, 2.05) is 0 Å². The molecule has 0 radical (unpaired) electrons. The maximum Gasteiger partial charge on any atom is -0.00230 e. The molecule has 0 fully saturated rings. The zero-order valence-corrected chi connectivity index (χ0v) is 11.6. The molecule has 1 unspecified atom stereocenters. The number of hydrogen-bond acceptors (Lipinski definition) is 3. The standard InChI is InChI=1S/C13H31N3/c1-12(2,3)9-13(4,10-16)6-5-11(7-14)8-15/h11H,5-10,14-16H2,1-4H3. The Labute approximate surface area is 101 Å². The molecule has 0 aromatic rings. The molecule has 0 aromatic heterocycles. The van der Waals surface area contributed by atoms with Crippen LogP contribution in [-0.2, 0) is 0 Å². The van der Waals surface area contributed by atoms with Gasteiger partial charge in [-0.1, -0.05) is 27.7 Å². The Balaban J connectivity index is 4.26. The first kappa shape index (κ1) is 15.9. The van der Waals surface area contributed by atoms with E-state index in [9.17, 15) is 0 Å². The van der Waals surface area contributed by atoms with Gasteiger partial charge in [0.05, 0.1) is 0 Å². The van der Waals surface area contributed by atoms with E-state index in [2.05, 4.69) is 27.7 Å². The van der Waals surface area contributed by atoms with Crippen LogP contribution in [-0.4, -0.2) is 19.6 Å². The molecule has 0 aliphatic heterocycles. The first-order valence-corrected chi connectivity index (χ1v) is 6.36. The predicted molar refractivity (Wildman–Crippen MR) is 72.1 cm³/mol. The van der Waals surface area contributed by atoms with Crippen LogP contribution >= 0.6 is 0 Å². The summed E-state index contributed by atoms with van der Waals surface area (Å²) in [7, 11) is 0. The Morgan fingerprint density at radius 3 is 1.75 bits per heavy atom. The zero-order chi connectivity index (χ0) is 12.8. The van der Waals surface area contributed by atoms with E-state index in [-0.39, 0.29) is 5.41 Å². The van der Waals surface area contributed by atoms with Crippen molar-refractivity contribution in [3.05, 3.63) is 0 Å². The molecule has 0 rings (SSSR count). The van der Waals surface area contributed by atoms with Crippen molar-refractivity contribution in [1.29, 1.82) is 0 Å². The maximum absolute atomic E-state index is 5.92. The van der Waals surface area contributed by atoms with Crippen LogP contribution in [0.5, 0.6) is 0 Å². The molecule has 0 spiro atoms. The van der Waals surface area contributed by atoms with Gasteiger partial charge in [-0.25, -0.2) is 0 Å². The van der Waals surface area contributed by atoms with Crippen molar-refractivity contribution >= 4 is 0 Å². The fourth-order valence-corrected chi connectivity index (χ4v) is 2.43. The van der Waals surface area contributed by atoms with Crippen LogP contribution in [0.1, 0.15) is 47.0 Å². The quantitative estimate of drug-likeness (QED) is 0.622. The first-order chi connectivity index (χ1) is 7.26. The van der Waals surface area contributed by atoms with Crippen LogP contribution in [0, 0.1) is 16.7 Å². The summed E-state index contributed by atoms with van der Waals surface area (Å²) in [5.41, 5.74) is 17.8. The minimum absolute atomic E-state index is 0.223. The summed E-state index contributed by atoms with van der Waals surface area (Å²) in [5.74, 6) is 0.450. The highest BCUT2D eigenvalue weighted by Crippen LogP contribution is 2.36. The van der Waals surface area contributed by atoms with Gasteiger partial charge < -0.3 is 17.2 Å². The van der Waals surface area contributed by atoms with Crippen LogP contribution in [0.2, 0.25) is 0 Å². The van der Waals surface area contributed by atoms with Crippen LogP contribution in [0.25, 0.3) is 0 Å². The normalized spacial score (nSPS) is 16.5. The molecule has 3 nitrogen and oxygen atoms in total. The monoisotopic (exact) mass is 229 g/mol. The van der Waals surface area contributed by atoms with Gasteiger partial charge >= 0.3 is 0 Å². The summed E-state index contributed by atoms with van der Waals surface area (Å²) >= 11 is 0. The Bertz CT molecular complexity index is 182. The van der Waals surface area contributed by atoms with Crippen molar-refractivity contribution in [2.24, 2.45) is 33.9 Å². The van der Waals surface area contributed by atoms with E-state index in [1.54, 1.807) is 0 Å². The highest BCUT2D eigenvalue weighted by atomic mass is 14.6. The molecule has 1 atom stereocenters. The third-order valence-corrected chi connectivity index (χ3v) is 3.27. The van der Waals surface area contributed by atoms with Crippen LogP contribution in [0.4, 0.5) is 0 Å². The molecule has 0 heterocycles. The van der Waals surface area contributed by atoms with Gasteiger partial charge in [0, 0.05) is 0 Å². The Morgan fingerprint density at radius 1 is 0.938 bits per heavy atom. The van der Waals surface area contributed by atoms with Crippen molar-refractivity contribution in [1.82, 2.24) is 0 Å². The fourth-order valence-electron chi connectivity index (χ4n) is 2.43. The van der Waals surface area contributed by atoms with Crippen LogP contribution in [0.15, 0.2) is 0 Å². The maximum atomic E-state index is 5.92. The molecule has 6 N–H and O–H groups in total. The molecule has 0 aliphatic rings. The molecular formula is C13H31N3.